The molecule has 0 unspecified atom stereocenters. The van der Waals surface area contributed by atoms with E-state index in [4.69, 9.17) is 32.6 Å². The highest BCUT2D eigenvalue weighted by molar-refractivity contribution is 6.35. The van der Waals surface area contributed by atoms with Crippen LogP contribution in [-0.4, -0.2) is 33.7 Å². The van der Waals surface area contributed by atoms with Crippen molar-refractivity contribution in [2.24, 2.45) is 0 Å². The zero-order chi connectivity index (χ0) is 24.9. The Balaban J connectivity index is 1.80. The minimum Gasteiger partial charge on any atom is -0.481 e. The number of carbonyl (C=O) groups is 2. The molecule has 0 aliphatic rings. The van der Waals surface area contributed by atoms with E-state index in [-0.39, 0.29) is 40.8 Å². The van der Waals surface area contributed by atoms with Gasteiger partial charge in [0, 0.05) is 16.1 Å². The summed E-state index contributed by atoms with van der Waals surface area (Å²) in [6.07, 6.45) is -0.167. The van der Waals surface area contributed by atoms with Gasteiger partial charge in [0.1, 0.15) is 11.3 Å². The third-order valence-electron chi connectivity index (χ3n) is 5.11. The van der Waals surface area contributed by atoms with Gasteiger partial charge >= 0.3 is 5.97 Å². The van der Waals surface area contributed by atoms with Crippen LogP contribution in [0.5, 0.6) is 5.75 Å². The standard InChI is InChI=1S/C26H20Cl2N2O5/c1-2-30(35-21-12-11-19(27)15-20(21)28)26(33)23-24(18-10-6-7-16(13-18)14-22(31)32)29-34-25(23)17-8-4-3-5-9-17/h3-13,15H,2,14H2,1H3,(H,31,32). The van der Waals surface area contributed by atoms with Crippen LogP contribution in [0.25, 0.3) is 22.6 Å². The lowest BCUT2D eigenvalue weighted by atomic mass is 9.99. The highest BCUT2D eigenvalue weighted by Gasteiger charge is 2.30. The van der Waals surface area contributed by atoms with E-state index in [1.54, 1.807) is 55.5 Å². The lowest BCUT2D eigenvalue weighted by Crippen LogP contribution is -2.34. The fourth-order valence-corrected chi connectivity index (χ4v) is 3.96. The van der Waals surface area contributed by atoms with Crippen molar-refractivity contribution >= 4 is 35.1 Å². The van der Waals surface area contributed by atoms with E-state index in [1.165, 1.54) is 6.07 Å². The van der Waals surface area contributed by atoms with Gasteiger partial charge in [-0.15, -0.1) is 0 Å². The SMILES string of the molecule is CCN(Oc1ccc(Cl)cc1Cl)C(=O)c1c(-c2cccc(CC(=O)O)c2)noc1-c1ccccc1. The summed E-state index contributed by atoms with van der Waals surface area (Å²) in [4.78, 5) is 30.8. The summed E-state index contributed by atoms with van der Waals surface area (Å²) in [5.74, 6) is -0.946. The number of aliphatic carboxylic acids is 1. The van der Waals surface area contributed by atoms with E-state index in [1.807, 2.05) is 18.2 Å². The summed E-state index contributed by atoms with van der Waals surface area (Å²) in [6, 6.07) is 20.6. The van der Waals surface area contributed by atoms with Crippen molar-refractivity contribution in [1.29, 1.82) is 0 Å². The maximum Gasteiger partial charge on any atom is 0.307 e. The van der Waals surface area contributed by atoms with Crippen LogP contribution in [0.15, 0.2) is 77.3 Å². The van der Waals surface area contributed by atoms with Gasteiger partial charge in [0.15, 0.2) is 11.5 Å². The van der Waals surface area contributed by atoms with Crippen molar-refractivity contribution in [3.05, 3.63) is 94.0 Å². The molecule has 0 aliphatic heterocycles. The van der Waals surface area contributed by atoms with E-state index < -0.39 is 11.9 Å². The monoisotopic (exact) mass is 510 g/mol. The number of amides is 1. The topological polar surface area (TPSA) is 92.9 Å². The van der Waals surface area contributed by atoms with Crippen LogP contribution in [0.2, 0.25) is 10.0 Å². The lowest BCUT2D eigenvalue weighted by Gasteiger charge is -2.22. The summed E-state index contributed by atoms with van der Waals surface area (Å²) in [6.45, 7) is 1.94. The Labute approximate surface area is 211 Å². The predicted octanol–water partition coefficient (Wildman–Crippen LogP) is 6.40. The normalized spacial score (nSPS) is 10.7. The Kier molecular flexibility index (Phi) is 7.39. The number of halogens is 2. The molecule has 0 bridgehead atoms. The fourth-order valence-electron chi connectivity index (χ4n) is 3.52. The van der Waals surface area contributed by atoms with Crippen molar-refractivity contribution in [2.75, 3.05) is 6.54 Å². The summed E-state index contributed by atoms with van der Waals surface area (Å²) in [7, 11) is 0. The fraction of sp³-hybridized carbons (Fsp3) is 0.115. The number of hydrogen-bond donors (Lipinski definition) is 1. The van der Waals surface area contributed by atoms with Crippen molar-refractivity contribution < 1.29 is 24.1 Å². The van der Waals surface area contributed by atoms with E-state index in [0.717, 1.165) is 5.06 Å². The minimum atomic E-state index is -0.964. The van der Waals surface area contributed by atoms with Gasteiger partial charge in [0.2, 0.25) is 0 Å². The molecule has 1 aromatic heterocycles. The maximum absolute atomic E-state index is 13.8. The van der Waals surface area contributed by atoms with Crippen LogP contribution in [0.3, 0.4) is 0 Å². The van der Waals surface area contributed by atoms with Gasteiger partial charge in [0.25, 0.3) is 5.91 Å². The largest absolute Gasteiger partial charge is 0.481 e. The van der Waals surface area contributed by atoms with Crippen LogP contribution in [-0.2, 0) is 11.2 Å². The number of hydroxylamine groups is 2. The summed E-state index contributed by atoms with van der Waals surface area (Å²) in [5, 5.41) is 15.2. The van der Waals surface area contributed by atoms with E-state index in [2.05, 4.69) is 5.16 Å². The molecule has 4 rings (SSSR count). The first-order valence-electron chi connectivity index (χ1n) is 10.7. The number of hydrogen-bond acceptors (Lipinski definition) is 5. The van der Waals surface area contributed by atoms with Gasteiger partial charge in [0.05, 0.1) is 18.0 Å². The molecule has 0 spiro atoms. The minimum absolute atomic E-state index is 0.167. The Morgan fingerprint density at radius 1 is 1.00 bits per heavy atom. The summed E-state index contributed by atoms with van der Waals surface area (Å²) >= 11 is 12.2. The van der Waals surface area contributed by atoms with Crippen LogP contribution < -0.4 is 4.84 Å². The number of benzene rings is 3. The first-order chi connectivity index (χ1) is 16.9. The molecule has 0 saturated heterocycles. The Hall–Kier alpha value is -3.81. The molecular formula is C26H20Cl2N2O5. The number of aromatic nitrogens is 1. The molecule has 0 saturated carbocycles. The average Bonchev–Trinajstić information content (AvgIpc) is 3.29. The zero-order valence-electron chi connectivity index (χ0n) is 18.6. The second-order valence-corrected chi connectivity index (χ2v) is 8.38. The number of nitrogens with zero attached hydrogens (tertiary/aromatic N) is 2. The van der Waals surface area contributed by atoms with E-state index in [0.29, 0.717) is 21.7 Å². The molecule has 0 aliphatic carbocycles. The molecule has 0 atom stereocenters. The molecule has 0 radical (unpaired) electrons. The smallest absolute Gasteiger partial charge is 0.307 e. The average molecular weight is 511 g/mol. The highest BCUT2D eigenvalue weighted by Crippen LogP contribution is 2.35. The first-order valence-corrected chi connectivity index (χ1v) is 11.4. The molecule has 3 aromatic carbocycles. The van der Waals surface area contributed by atoms with Crippen molar-refractivity contribution in [3.8, 4) is 28.3 Å². The molecule has 0 fully saturated rings. The molecule has 1 amide bonds. The van der Waals surface area contributed by atoms with Gasteiger partial charge in [-0.25, -0.2) is 0 Å². The molecular weight excluding hydrogens is 491 g/mol. The third kappa shape index (κ3) is 5.48. The van der Waals surface area contributed by atoms with Crippen LogP contribution >= 0.6 is 23.2 Å². The quantitative estimate of drug-likeness (QED) is 0.275. The number of carboxylic acids is 1. The van der Waals surface area contributed by atoms with Gasteiger partial charge < -0.3 is 14.5 Å². The maximum atomic E-state index is 13.8. The Morgan fingerprint density at radius 2 is 1.74 bits per heavy atom. The van der Waals surface area contributed by atoms with E-state index in [9.17, 15) is 14.7 Å². The summed E-state index contributed by atoms with van der Waals surface area (Å²) < 4.78 is 5.65. The van der Waals surface area contributed by atoms with Gasteiger partial charge in [-0.05, 0) is 36.8 Å². The molecule has 1 N–H and O–H groups in total. The zero-order valence-corrected chi connectivity index (χ0v) is 20.1. The van der Waals surface area contributed by atoms with Gasteiger partial charge in [-0.1, -0.05) is 76.9 Å². The van der Waals surface area contributed by atoms with Crippen LogP contribution in [0.4, 0.5) is 0 Å². The number of carboxylic acid groups (broad SMARTS) is 1. The third-order valence-corrected chi connectivity index (χ3v) is 5.64. The second kappa shape index (κ2) is 10.6. The molecule has 9 heteroatoms. The molecule has 178 valence electrons. The predicted molar refractivity (Wildman–Crippen MR) is 133 cm³/mol. The Bertz CT molecular complexity index is 1370. The number of carbonyl (C=O) groups excluding carboxylic acids is 1. The Morgan fingerprint density at radius 3 is 2.43 bits per heavy atom. The first kappa shape index (κ1) is 24.3. The van der Waals surface area contributed by atoms with Crippen molar-refractivity contribution in [3.63, 3.8) is 0 Å². The number of rotatable bonds is 8. The van der Waals surface area contributed by atoms with Crippen molar-refractivity contribution in [2.45, 2.75) is 13.3 Å². The summed E-state index contributed by atoms with van der Waals surface area (Å²) in [5.41, 5.74) is 2.20. The van der Waals surface area contributed by atoms with Crippen molar-refractivity contribution in [1.82, 2.24) is 10.2 Å². The second-order valence-electron chi connectivity index (χ2n) is 7.54. The molecule has 35 heavy (non-hydrogen) atoms. The van der Waals surface area contributed by atoms with Gasteiger partial charge in [-0.3, -0.25) is 9.59 Å². The van der Waals surface area contributed by atoms with Crippen LogP contribution in [0.1, 0.15) is 22.8 Å². The highest BCUT2D eigenvalue weighted by atomic mass is 35.5. The van der Waals surface area contributed by atoms with E-state index >= 15 is 0 Å². The van der Waals surface area contributed by atoms with Crippen LogP contribution in [0, 0.1) is 0 Å². The molecule has 7 nitrogen and oxygen atoms in total. The van der Waals surface area contributed by atoms with Gasteiger partial charge in [-0.2, -0.15) is 5.06 Å². The molecule has 1 heterocycles. The lowest BCUT2D eigenvalue weighted by molar-refractivity contribution is -0.136. The molecule has 4 aromatic rings.